The van der Waals surface area contributed by atoms with Crippen LogP contribution in [0.3, 0.4) is 0 Å². The third kappa shape index (κ3) is 3.77. The van der Waals surface area contributed by atoms with E-state index in [1.54, 1.807) is 4.90 Å². The van der Waals surface area contributed by atoms with Crippen molar-refractivity contribution in [2.45, 2.75) is 63.3 Å². The summed E-state index contributed by atoms with van der Waals surface area (Å²) in [6, 6.07) is 1.21. The van der Waals surface area contributed by atoms with Gasteiger partial charge >= 0.3 is 12.1 Å². The molecule has 2 unspecified atom stereocenters. The zero-order valence-electron chi connectivity index (χ0n) is 16.5. The minimum absolute atomic E-state index is 0.0547. The normalized spacial score (nSPS) is 23.7. The van der Waals surface area contributed by atoms with Crippen LogP contribution in [0.15, 0.2) is 16.8 Å². The Morgan fingerprint density at radius 3 is 2.68 bits per heavy atom. The molecule has 11 heteroatoms. The van der Waals surface area contributed by atoms with Gasteiger partial charge in [-0.05, 0) is 31.7 Å². The highest BCUT2D eigenvalue weighted by atomic mass is 19.4. The largest absolute Gasteiger partial charge is 0.471 e. The molecule has 2 aliphatic carbocycles. The van der Waals surface area contributed by atoms with Gasteiger partial charge in [0.15, 0.2) is 0 Å². The maximum atomic E-state index is 13.2. The molecule has 0 radical (unpaired) electrons. The smallest absolute Gasteiger partial charge is 0.351 e. The second kappa shape index (κ2) is 7.31. The van der Waals surface area contributed by atoms with E-state index in [0.29, 0.717) is 17.8 Å². The molecule has 5 rings (SSSR count). The molecule has 2 fully saturated rings. The lowest BCUT2D eigenvalue weighted by Crippen LogP contribution is -2.53. The van der Waals surface area contributed by atoms with Gasteiger partial charge in [0.05, 0.1) is 23.8 Å². The van der Waals surface area contributed by atoms with E-state index in [-0.39, 0.29) is 41.2 Å². The minimum Gasteiger partial charge on any atom is -0.351 e. The Labute approximate surface area is 175 Å². The predicted molar refractivity (Wildman–Crippen MR) is 99.3 cm³/mol. The highest BCUT2D eigenvalue weighted by Gasteiger charge is 2.41. The lowest BCUT2D eigenvalue weighted by Gasteiger charge is -2.38. The number of aromatic nitrogens is 3. The molecule has 3 aliphatic rings. The van der Waals surface area contributed by atoms with Crippen molar-refractivity contribution in [2.75, 3.05) is 0 Å². The van der Waals surface area contributed by atoms with Crippen molar-refractivity contribution >= 4 is 11.8 Å². The molecule has 1 aliphatic heterocycles. The van der Waals surface area contributed by atoms with Gasteiger partial charge in [-0.15, -0.1) is 0 Å². The van der Waals surface area contributed by atoms with Crippen LogP contribution in [0.25, 0.3) is 11.4 Å². The highest BCUT2D eigenvalue weighted by Crippen LogP contribution is 2.34. The van der Waals surface area contributed by atoms with E-state index < -0.39 is 12.1 Å². The zero-order valence-corrected chi connectivity index (χ0v) is 16.5. The van der Waals surface area contributed by atoms with Crippen molar-refractivity contribution in [3.05, 3.63) is 29.4 Å². The van der Waals surface area contributed by atoms with Crippen LogP contribution in [0, 0.1) is 5.92 Å². The predicted octanol–water partition coefficient (Wildman–Crippen LogP) is 2.94. The third-order valence-electron chi connectivity index (χ3n) is 6.11. The molecule has 0 spiro atoms. The average molecular weight is 435 g/mol. The second-order valence-corrected chi connectivity index (χ2v) is 8.31. The second-order valence-electron chi connectivity index (χ2n) is 8.31. The van der Waals surface area contributed by atoms with Crippen LogP contribution in [-0.2, 0) is 17.5 Å². The Balaban J connectivity index is 1.37. The summed E-state index contributed by atoms with van der Waals surface area (Å²) in [6.07, 6.45) is 1.96. The van der Waals surface area contributed by atoms with E-state index >= 15 is 0 Å². The summed E-state index contributed by atoms with van der Waals surface area (Å²) in [7, 11) is 0. The number of hydrogen-bond acceptors (Lipinski definition) is 6. The van der Waals surface area contributed by atoms with Crippen LogP contribution in [0.4, 0.5) is 13.2 Å². The fraction of sp³-hybridized carbons (Fsp3) is 0.550. The topological polar surface area (TPSA) is 101 Å². The van der Waals surface area contributed by atoms with Crippen LogP contribution in [0.5, 0.6) is 0 Å². The van der Waals surface area contributed by atoms with Crippen molar-refractivity contribution in [3.8, 4) is 11.4 Å². The van der Waals surface area contributed by atoms with E-state index in [9.17, 15) is 22.8 Å². The molecule has 2 saturated carbocycles. The van der Waals surface area contributed by atoms with Gasteiger partial charge < -0.3 is 14.7 Å². The van der Waals surface area contributed by atoms with Crippen LogP contribution >= 0.6 is 0 Å². The van der Waals surface area contributed by atoms with Crippen molar-refractivity contribution in [3.63, 3.8) is 0 Å². The number of halogens is 3. The molecule has 2 atom stereocenters. The van der Waals surface area contributed by atoms with Crippen LogP contribution < -0.4 is 5.32 Å². The molecule has 2 aromatic heterocycles. The molecule has 2 aromatic rings. The summed E-state index contributed by atoms with van der Waals surface area (Å²) >= 11 is 0. The van der Waals surface area contributed by atoms with Crippen LogP contribution in [0.2, 0.25) is 0 Å². The monoisotopic (exact) mass is 435 g/mol. The van der Waals surface area contributed by atoms with E-state index in [2.05, 4.69) is 25.0 Å². The van der Waals surface area contributed by atoms with Gasteiger partial charge in [-0.1, -0.05) is 18.0 Å². The van der Waals surface area contributed by atoms with Gasteiger partial charge in [0, 0.05) is 23.7 Å². The number of rotatable bonds is 4. The van der Waals surface area contributed by atoms with Gasteiger partial charge in [-0.2, -0.15) is 18.2 Å². The number of nitrogens with one attached hydrogen (secondary N) is 1. The van der Waals surface area contributed by atoms with Crippen LogP contribution in [0.1, 0.15) is 60.5 Å². The van der Waals surface area contributed by atoms with E-state index in [0.717, 1.165) is 38.5 Å². The Morgan fingerprint density at radius 1 is 1.19 bits per heavy atom. The molecule has 8 nitrogen and oxygen atoms in total. The van der Waals surface area contributed by atoms with E-state index in [1.807, 2.05) is 0 Å². The molecule has 31 heavy (non-hydrogen) atoms. The maximum absolute atomic E-state index is 13.2. The number of nitrogens with zero attached hydrogens (tertiary/aromatic N) is 4. The number of carbonyl (C=O) groups is 2. The lowest BCUT2D eigenvalue weighted by atomic mass is 9.89. The molecular weight excluding hydrogens is 415 g/mol. The van der Waals surface area contributed by atoms with Gasteiger partial charge in [-0.25, -0.2) is 0 Å². The Morgan fingerprint density at radius 2 is 1.97 bits per heavy atom. The van der Waals surface area contributed by atoms with Gasteiger partial charge in [0.2, 0.25) is 11.7 Å². The number of alkyl halides is 3. The zero-order chi connectivity index (χ0) is 21.8. The summed E-state index contributed by atoms with van der Waals surface area (Å²) in [4.78, 5) is 34.8. The van der Waals surface area contributed by atoms with Gasteiger partial charge in [0.1, 0.15) is 0 Å². The first kappa shape index (κ1) is 20.0. The van der Waals surface area contributed by atoms with Crippen LogP contribution in [-0.4, -0.2) is 43.9 Å². The Bertz CT molecular complexity index is 1030. The van der Waals surface area contributed by atoms with E-state index in [4.69, 9.17) is 0 Å². The first-order chi connectivity index (χ1) is 14.8. The number of fused-ring (bicyclic) bond motifs is 1. The fourth-order valence-corrected chi connectivity index (χ4v) is 4.34. The quantitative estimate of drug-likeness (QED) is 0.793. The standard InChI is InChI=1S/C20H20F3N5O3/c21-20(22,23)19-26-16(27-31-19)11-7-12-14(24-8-11)9-28(18(12)30)15-4-2-1-3-13(15)25-17(29)10-5-6-10/h7-8,10,13,15H,1-6,9H2,(H,25,29). The summed E-state index contributed by atoms with van der Waals surface area (Å²) < 4.78 is 42.5. The first-order valence-corrected chi connectivity index (χ1v) is 10.3. The van der Waals surface area contributed by atoms with Crippen molar-refractivity contribution in [1.29, 1.82) is 0 Å². The van der Waals surface area contributed by atoms with E-state index in [1.165, 1.54) is 12.3 Å². The summed E-state index contributed by atoms with van der Waals surface area (Å²) in [5.74, 6) is -1.83. The summed E-state index contributed by atoms with van der Waals surface area (Å²) in [5, 5.41) is 6.48. The van der Waals surface area contributed by atoms with Gasteiger partial charge in [0.25, 0.3) is 5.91 Å². The molecule has 2 amide bonds. The first-order valence-electron chi connectivity index (χ1n) is 10.3. The number of amides is 2. The summed E-state index contributed by atoms with van der Waals surface area (Å²) in [6.45, 7) is 0.301. The SMILES string of the molecule is O=C(NC1CCCCC1N1Cc2ncc(-c3noc(C(F)(F)F)n3)cc2C1=O)C1CC1. The summed E-state index contributed by atoms with van der Waals surface area (Å²) in [5.41, 5.74) is 1.04. The van der Waals surface area contributed by atoms with Gasteiger partial charge in [-0.3, -0.25) is 14.6 Å². The minimum atomic E-state index is -4.75. The van der Waals surface area contributed by atoms with Crippen molar-refractivity contribution < 1.29 is 27.3 Å². The molecule has 164 valence electrons. The van der Waals surface area contributed by atoms with Crippen molar-refractivity contribution in [1.82, 2.24) is 25.3 Å². The molecule has 0 aromatic carbocycles. The maximum Gasteiger partial charge on any atom is 0.471 e. The molecular formula is C20H20F3N5O3. The van der Waals surface area contributed by atoms with Crippen molar-refractivity contribution in [2.24, 2.45) is 5.92 Å². The third-order valence-corrected chi connectivity index (χ3v) is 6.11. The molecule has 1 N–H and O–H groups in total. The number of carbonyl (C=O) groups excluding carboxylic acids is 2. The Hall–Kier alpha value is -2.98. The molecule has 0 bridgehead atoms. The average Bonchev–Trinajstić information content (AvgIpc) is 3.38. The Kier molecular flexibility index (Phi) is 4.71. The fourth-order valence-electron chi connectivity index (χ4n) is 4.34. The molecule has 0 saturated heterocycles. The molecule has 3 heterocycles. The highest BCUT2D eigenvalue weighted by molar-refractivity contribution is 5.99. The number of hydrogen-bond donors (Lipinski definition) is 1. The lowest BCUT2D eigenvalue weighted by molar-refractivity contribution is -0.159. The number of pyridine rings is 1.